The lowest BCUT2D eigenvalue weighted by Crippen LogP contribution is -2.32. The van der Waals surface area contributed by atoms with Crippen LogP contribution in [0.25, 0.3) is 10.9 Å². The molecule has 3 rings (SSSR count). The minimum Gasteiger partial charge on any atom is -0.373 e. The second-order valence-electron chi connectivity index (χ2n) is 5.55. The molecular weight excluding hydrogens is 322 g/mol. The number of anilines is 1. The van der Waals surface area contributed by atoms with E-state index in [2.05, 4.69) is 15.2 Å². The van der Waals surface area contributed by atoms with Crippen LogP contribution in [0.2, 0.25) is 5.15 Å². The highest BCUT2D eigenvalue weighted by Crippen LogP contribution is 2.17. The second kappa shape index (κ2) is 7.32. The molecule has 0 fully saturated rings. The van der Waals surface area contributed by atoms with Crippen LogP contribution in [-0.2, 0) is 0 Å². The molecule has 3 aromatic rings. The fraction of sp³-hybridized carbons (Fsp3) is 0.158. The molecule has 0 saturated heterocycles. The topological polar surface area (TPSA) is 45.2 Å². The van der Waals surface area contributed by atoms with E-state index in [1.54, 1.807) is 12.1 Å². The number of pyridine rings is 1. The highest BCUT2D eigenvalue weighted by Gasteiger charge is 2.07. The fourth-order valence-electron chi connectivity index (χ4n) is 2.49. The van der Waals surface area contributed by atoms with Crippen LogP contribution in [0.4, 0.5) is 5.69 Å². The molecule has 24 heavy (non-hydrogen) atoms. The summed E-state index contributed by atoms with van der Waals surface area (Å²) < 4.78 is 0. The SMILES string of the molecule is CN(CCNC(=O)c1ccc2nc(Cl)ccc2c1)c1ccccc1. The van der Waals surface area contributed by atoms with E-state index in [0.717, 1.165) is 23.1 Å². The lowest BCUT2D eigenvalue weighted by molar-refractivity contribution is 0.0955. The van der Waals surface area contributed by atoms with Crippen LogP contribution in [0.15, 0.2) is 60.7 Å². The first kappa shape index (κ1) is 16.3. The number of carbonyl (C=O) groups excluding carboxylic acids is 1. The van der Waals surface area contributed by atoms with Crippen LogP contribution in [0.5, 0.6) is 0 Å². The first-order valence-electron chi connectivity index (χ1n) is 7.74. The van der Waals surface area contributed by atoms with Gasteiger partial charge < -0.3 is 10.2 Å². The highest BCUT2D eigenvalue weighted by molar-refractivity contribution is 6.29. The van der Waals surface area contributed by atoms with E-state index in [-0.39, 0.29) is 5.91 Å². The molecule has 1 amide bonds. The van der Waals surface area contributed by atoms with Crippen molar-refractivity contribution in [2.24, 2.45) is 0 Å². The molecule has 1 N–H and O–H groups in total. The van der Waals surface area contributed by atoms with Gasteiger partial charge in [-0.15, -0.1) is 0 Å². The number of rotatable bonds is 5. The normalized spacial score (nSPS) is 10.6. The monoisotopic (exact) mass is 339 g/mol. The molecule has 0 spiro atoms. The largest absolute Gasteiger partial charge is 0.373 e. The van der Waals surface area contributed by atoms with Gasteiger partial charge in [0.25, 0.3) is 5.91 Å². The quantitative estimate of drug-likeness (QED) is 0.720. The maximum atomic E-state index is 12.3. The number of hydrogen-bond donors (Lipinski definition) is 1. The number of halogens is 1. The molecular formula is C19H18ClN3O. The predicted molar refractivity (Wildman–Crippen MR) is 98.8 cm³/mol. The number of fused-ring (bicyclic) bond motifs is 1. The average Bonchev–Trinajstić information content (AvgIpc) is 2.61. The van der Waals surface area contributed by atoms with Crippen molar-refractivity contribution in [3.05, 3.63) is 71.4 Å². The number of hydrogen-bond acceptors (Lipinski definition) is 3. The Bertz CT molecular complexity index is 852. The van der Waals surface area contributed by atoms with E-state index in [9.17, 15) is 4.79 Å². The molecule has 0 bridgehead atoms. The van der Waals surface area contributed by atoms with Gasteiger partial charge in [-0.25, -0.2) is 4.98 Å². The van der Waals surface area contributed by atoms with Crippen molar-refractivity contribution in [1.29, 1.82) is 0 Å². The lowest BCUT2D eigenvalue weighted by Gasteiger charge is -2.19. The van der Waals surface area contributed by atoms with Crippen molar-refractivity contribution in [3.8, 4) is 0 Å². The van der Waals surface area contributed by atoms with E-state index >= 15 is 0 Å². The molecule has 1 aromatic heterocycles. The predicted octanol–water partition coefficient (Wildman–Crippen LogP) is 3.75. The Morgan fingerprint density at radius 1 is 1.12 bits per heavy atom. The van der Waals surface area contributed by atoms with Gasteiger partial charge in [-0.2, -0.15) is 0 Å². The summed E-state index contributed by atoms with van der Waals surface area (Å²) in [6.45, 7) is 1.31. The van der Waals surface area contributed by atoms with Crippen LogP contribution in [0, 0.1) is 0 Å². The zero-order valence-electron chi connectivity index (χ0n) is 13.4. The van der Waals surface area contributed by atoms with Gasteiger partial charge in [0.15, 0.2) is 0 Å². The number of benzene rings is 2. The van der Waals surface area contributed by atoms with Crippen LogP contribution in [-0.4, -0.2) is 31.0 Å². The van der Waals surface area contributed by atoms with E-state index in [0.29, 0.717) is 17.3 Å². The third-order valence-electron chi connectivity index (χ3n) is 3.85. The minimum atomic E-state index is -0.0895. The Balaban J connectivity index is 1.60. The molecule has 2 aromatic carbocycles. The molecule has 5 heteroatoms. The molecule has 0 aliphatic rings. The summed E-state index contributed by atoms with van der Waals surface area (Å²) in [4.78, 5) is 18.6. The van der Waals surface area contributed by atoms with Crippen molar-refractivity contribution >= 4 is 34.1 Å². The standard InChI is InChI=1S/C19H18ClN3O/c1-23(16-5-3-2-4-6-16)12-11-21-19(24)15-7-9-17-14(13-15)8-10-18(20)22-17/h2-10,13H,11-12H2,1H3,(H,21,24). The van der Waals surface area contributed by atoms with Crippen molar-refractivity contribution in [2.75, 3.05) is 25.0 Å². The molecule has 1 heterocycles. The van der Waals surface area contributed by atoms with Gasteiger partial charge in [-0.05, 0) is 42.5 Å². The number of aromatic nitrogens is 1. The Morgan fingerprint density at radius 3 is 2.71 bits per heavy atom. The van der Waals surface area contributed by atoms with Gasteiger partial charge in [0.05, 0.1) is 5.52 Å². The van der Waals surface area contributed by atoms with Gasteiger partial charge in [0.1, 0.15) is 5.15 Å². The number of nitrogens with one attached hydrogen (secondary N) is 1. The number of para-hydroxylation sites is 1. The summed E-state index contributed by atoms with van der Waals surface area (Å²) in [6.07, 6.45) is 0. The Hall–Kier alpha value is -2.59. The lowest BCUT2D eigenvalue weighted by atomic mass is 10.1. The van der Waals surface area contributed by atoms with Crippen molar-refractivity contribution in [3.63, 3.8) is 0 Å². The zero-order chi connectivity index (χ0) is 16.9. The molecule has 4 nitrogen and oxygen atoms in total. The van der Waals surface area contributed by atoms with Crippen LogP contribution in [0.3, 0.4) is 0 Å². The molecule has 0 saturated carbocycles. The van der Waals surface area contributed by atoms with Crippen LogP contribution >= 0.6 is 11.6 Å². The van der Waals surface area contributed by atoms with Gasteiger partial charge >= 0.3 is 0 Å². The second-order valence-corrected chi connectivity index (χ2v) is 5.94. The average molecular weight is 340 g/mol. The minimum absolute atomic E-state index is 0.0895. The Labute approximate surface area is 146 Å². The third-order valence-corrected chi connectivity index (χ3v) is 4.06. The van der Waals surface area contributed by atoms with E-state index in [1.807, 2.05) is 55.6 Å². The highest BCUT2D eigenvalue weighted by atomic mass is 35.5. The number of nitrogens with zero attached hydrogens (tertiary/aromatic N) is 2. The zero-order valence-corrected chi connectivity index (χ0v) is 14.1. The summed E-state index contributed by atoms with van der Waals surface area (Å²) in [6, 6.07) is 19.1. The number of likely N-dealkylation sites (N-methyl/N-ethyl adjacent to an activating group) is 1. The van der Waals surface area contributed by atoms with E-state index < -0.39 is 0 Å². The van der Waals surface area contributed by atoms with Gasteiger partial charge in [0.2, 0.25) is 0 Å². The Kier molecular flexibility index (Phi) is 4.96. The van der Waals surface area contributed by atoms with E-state index in [4.69, 9.17) is 11.6 Å². The summed E-state index contributed by atoms with van der Waals surface area (Å²) in [5.41, 5.74) is 2.53. The van der Waals surface area contributed by atoms with Crippen molar-refractivity contribution in [1.82, 2.24) is 10.3 Å². The van der Waals surface area contributed by atoms with Crippen molar-refractivity contribution in [2.45, 2.75) is 0 Å². The smallest absolute Gasteiger partial charge is 0.251 e. The van der Waals surface area contributed by atoms with Gasteiger partial charge in [-0.3, -0.25) is 4.79 Å². The molecule has 0 unspecified atom stereocenters. The third kappa shape index (κ3) is 3.84. The first-order chi connectivity index (χ1) is 11.6. The summed E-state index contributed by atoms with van der Waals surface area (Å²) in [5, 5.41) is 4.29. The van der Waals surface area contributed by atoms with Crippen LogP contribution < -0.4 is 10.2 Å². The molecule has 0 radical (unpaired) electrons. The molecule has 0 aliphatic heterocycles. The molecule has 0 aliphatic carbocycles. The number of amides is 1. The van der Waals surface area contributed by atoms with Crippen molar-refractivity contribution < 1.29 is 4.79 Å². The fourth-order valence-corrected chi connectivity index (χ4v) is 2.65. The number of carbonyl (C=O) groups is 1. The molecule has 122 valence electrons. The summed E-state index contributed by atoms with van der Waals surface area (Å²) in [7, 11) is 2.01. The van der Waals surface area contributed by atoms with Gasteiger partial charge in [0, 0.05) is 36.8 Å². The Morgan fingerprint density at radius 2 is 1.92 bits per heavy atom. The maximum Gasteiger partial charge on any atom is 0.251 e. The van der Waals surface area contributed by atoms with Gasteiger partial charge in [-0.1, -0.05) is 29.8 Å². The first-order valence-corrected chi connectivity index (χ1v) is 8.12. The molecule has 0 atom stereocenters. The maximum absolute atomic E-state index is 12.3. The summed E-state index contributed by atoms with van der Waals surface area (Å²) >= 11 is 5.87. The summed E-state index contributed by atoms with van der Waals surface area (Å²) in [5.74, 6) is -0.0895. The van der Waals surface area contributed by atoms with Crippen LogP contribution in [0.1, 0.15) is 10.4 Å². The van der Waals surface area contributed by atoms with E-state index in [1.165, 1.54) is 0 Å².